The average molecular weight is 508 g/mol. The van der Waals surface area contributed by atoms with Crippen molar-refractivity contribution >= 4 is 11.7 Å². The van der Waals surface area contributed by atoms with Crippen molar-refractivity contribution in [3.63, 3.8) is 0 Å². The smallest absolute Gasteiger partial charge is 0.372 e. The Morgan fingerprint density at radius 2 is 1.72 bits per heavy atom. The van der Waals surface area contributed by atoms with E-state index in [0.29, 0.717) is 30.9 Å². The molecule has 1 amide bonds. The van der Waals surface area contributed by atoms with Crippen LogP contribution in [-0.2, 0) is 12.7 Å². The first-order valence-electron chi connectivity index (χ1n) is 12.6. The highest BCUT2D eigenvalue weighted by atomic mass is 19.4. The average Bonchev–Trinajstić information content (AvgIpc) is 3.61. The Balaban J connectivity index is 1.30. The van der Waals surface area contributed by atoms with Gasteiger partial charge in [0.15, 0.2) is 6.29 Å². The predicted octanol–water partition coefficient (Wildman–Crippen LogP) is 3.58. The molecule has 8 nitrogen and oxygen atoms in total. The van der Waals surface area contributed by atoms with Crippen LogP contribution in [-0.4, -0.2) is 74.1 Å². The minimum atomic E-state index is -4.39. The molecule has 0 saturated carbocycles. The summed E-state index contributed by atoms with van der Waals surface area (Å²) in [4.78, 5) is 18.9. The molecule has 0 unspecified atom stereocenters. The molecule has 0 aliphatic carbocycles. The number of aromatic nitrogens is 2. The number of piperidine rings is 1. The van der Waals surface area contributed by atoms with Crippen LogP contribution in [0, 0.1) is 0 Å². The fourth-order valence-electron chi connectivity index (χ4n) is 5.96. The van der Waals surface area contributed by atoms with E-state index in [1.165, 1.54) is 24.4 Å². The van der Waals surface area contributed by atoms with E-state index in [1.54, 1.807) is 4.90 Å². The zero-order valence-electron chi connectivity index (χ0n) is 20.1. The van der Waals surface area contributed by atoms with Gasteiger partial charge in [-0.15, -0.1) is 0 Å². The van der Waals surface area contributed by atoms with Crippen molar-refractivity contribution < 1.29 is 28.2 Å². The van der Waals surface area contributed by atoms with Crippen LogP contribution in [0.25, 0.3) is 0 Å². The Labute approximate surface area is 207 Å². The molecule has 1 aromatic heterocycles. The van der Waals surface area contributed by atoms with Crippen molar-refractivity contribution in [3.8, 4) is 0 Å². The number of alkyl halides is 3. The normalized spacial score (nSPS) is 20.7. The van der Waals surface area contributed by atoms with E-state index in [4.69, 9.17) is 0 Å². The fraction of sp³-hybridized carbons (Fsp3) is 0.600. The molecule has 3 fully saturated rings. The summed E-state index contributed by atoms with van der Waals surface area (Å²) in [5.41, 5.74) is 0.598. The summed E-state index contributed by atoms with van der Waals surface area (Å²) >= 11 is 0. The zero-order chi connectivity index (χ0) is 25.5. The van der Waals surface area contributed by atoms with Crippen LogP contribution < -0.4 is 4.90 Å². The number of carbonyl (C=O) groups excluding carboxylic acids is 1. The standard InChI is InChI=1S/C25H32F3N5O3/c26-25(27,28)19-14-18(15-20(16-19)30-8-1-2-9-30)17-32-10-3-5-24(32)6-12-31(13-7-24)23(36)33-11-4-21(29-33)22(34)35/h4,11,14-16,22,34-35H,1-3,5-10,12-13,17H2. The van der Waals surface area contributed by atoms with E-state index in [1.807, 2.05) is 11.0 Å². The number of aliphatic hydroxyl groups excluding tert-OH is 1. The lowest BCUT2D eigenvalue weighted by molar-refractivity contribution is -0.137. The van der Waals surface area contributed by atoms with Gasteiger partial charge < -0.3 is 20.0 Å². The zero-order valence-corrected chi connectivity index (χ0v) is 20.1. The second-order valence-electron chi connectivity index (χ2n) is 10.2. The van der Waals surface area contributed by atoms with Crippen LogP contribution in [0.4, 0.5) is 23.7 Å². The van der Waals surface area contributed by atoms with Crippen LogP contribution in [0.2, 0.25) is 0 Å². The number of anilines is 1. The Hall–Kier alpha value is -2.63. The molecule has 4 heterocycles. The molecule has 5 rings (SSSR count). The molecule has 2 aromatic rings. The Kier molecular flexibility index (Phi) is 6.73. The number of aliphatic hydroxyl groups is 2. The molecule has 196 valence electrons. The third-order valence-electron chi connectivity index (χ3n) is 7.93. The van der Waals surface area contributed by atoms with Gasteiger partial charge in [0.05, 0.1) is 5.56 Å². The van der Waals surface area contributed by atoms with Gasteiger partial charge in [-0.05, 0) is 74.9 Å². The van der Waals surface area contributed by atoms with Crippen LogP contribution in [0.5, 0.6) is 0 Å². The first-order chi connectivity index (χ1) is 17.1. The Morgan fingerprint density at radius 1 is 1.00 bits per heavy atom. The maximum atomic E-state index is 13.7. The predicted molar refractivity (Wildman–Crippen MR) is 126 cm³/mol. The summed E-state index contributed by atoms with van der Waals surface area (Å²) in [6.45, 7) is 3.86. The summed E-state index contributed by atoms with van der Waals surface area (Å²) in [5, 5.41) is 22.4. The number of halogens is 3. The number of hydrogen-bond acceptors (Lipinski definition) is 6. The van der Waals surface area contributed by atoms with Crippen molar-refractivity contribution in [3.05, 3.63) is 47.3 Å². The Morgan fingerprint density at radius 3 is 2.36 bits per heavy atom. The van der Waals surface area contributed by atoms with Gasteiger partial charge in [-0.3, -0.25) is 4.90 Å². The number of rotatable bonds is 4. The highest BCUT2D eigenvalue weighted by Gasteiger charge is 2.44. The lowest BCUT2D eigenvalue weighted by atomic mass is 9.84. The molecular weight excluding hydrogens is 475 g/mol. The van der Waals surface area contributed by atoms with Crippen molar-refractivity contribution in [1.29, 1.82) is 0 Å². The van der Waals surface area contributed by atoms with Crippen LogP contribution in [0.15, 0.2) is 30.5 Å². The third kappa shape index (κ3) is 4.96. The Bertz CT molecular complexity index is 1090. The number of amides is 1. The monoisotopic (exact) mass is 507 g/mol. The molecule has 0 bridgehead atoms. The van der Waals surface area contributed by atoms with E-state index in [2.05, 4.69) is 10.00 Å². The number of benzene rings is 1. The van der Waals surface area contributed by atoms with E-state index < -0.39 is 18.0 Å². The van der Waals surface area contributed by atoms with Gasteiger partial charge in [0.1, 0.15) is 5.69 Å². The van der Waals surface area contributed by atoms with Gasteiger partial charge >= 0.3 is 12.2 Å². The van der Waals surface area contributed by atoms with Gasteiger partial charge in [0.2, 0.25) is 0 Å². The largest absolute Gasteiger partial charge is 0.416 e. The molecule has 3 saturated heterocycles. The van der Waals surface area contributed by atoms with Gasteiger partial charge in [-0.25, -0.2) is 4.79 Å². The first-order valence-corrected chi connectivity index (χ1v) is 12.6. The topological polar surface area (TPSA) is 85.1 Å². The lowest BCUT2D eigenvalue weighted by Crippen LogP contribution is -2.53. The number of likely N-dealkylation sites (tertiary alicyclic amines) is 2. The second kappa shape index (κ2) is 9.68. The van der Waals surface area contributed by atoms with Crippen molar-refractivity contribution in [1.82, 2.24) is 19.6 Å². The third-order valence-corrected chi connectivity index (χ3v) is 7.93. The highest BCUT2D eigenvalue weighted by Crippen LogP contribution is 2.41. The summed E-state index contributed by atoms with van der Waals surface area (Å²) in [6.07, 6.45) is 0.663. The number of carbonyl (C=O) groups is 1. The molecule has 3 aliphatic rings. The molecular formula is C25H32F3N5O3. The fourth-order valence-corrected chi connectivity index (χ4v) is 5.96. The summed E-state index contributed by atoms with van der Waals surface area (Å²) in [5.74, 6) is 0. The van der Waals surface area contributed by atoms with E-state index >= 15 is 0 Å². The quantitative estimate of drug-likeness (QED) is 0.616. The summed E-state index contributed by atoms with van der Waals surface area (Å²) < 4.78 is 42.2. The molecule has 0 radical (unpaired) electrons. The second-order valence-corrected chi connectivity index (χ2v) is 10.2. The van der Waals surface area contributed by atoms with Crippen LogP contribution in [0.3, 0.4) is 0 Å². The highest BCUT2D eigenvalue weighted by molar-refractivity contribution is 5.76. The summed E-state index contributed by atoms with van der Waals surface area (Å²) in [6, 6.07) is 5.54. The number of hydrogen-bond donors (Lipinski definition) is 2. The van der Waals surface area contributed by atoms with Gasteiger partial charge in [-0.1, -0.05) is 0 Å². The van der Waals surface area contributed by atoms with E-state index in [9.17, 15) is 28.2 Å². The molecule has 3 aliphatic heterocycles. The molecule has 0 atom stereocenters. The maximum Gasteiger partial charge on any atom is 0.416 e. The van der Waals surface area contributed by atoms with Crippen molar-refractivity contribution in [2.45, 2.75) is 63.1 Å². The van der Waals surface area contributed by atoms with Crippen LogP contribution in [0.1, 0.15) is 61.6 Å². The molecule has 1 spiro atoms. The van der Waals surface area contributed by atoms with Gasteiger partial charge in [-0.2, -0.15) is 23.0 Å². The maximum absolute atomic E-state index is 13.7. The minimum Gasteiger partial charge on any atom is -0.372 e. The van der Waals surface area contributed by atoms with Gasteiger partial charge in [0, 0.05) is 50.1 Å². The molecule has 1 aromatic carbocycles. The van der Waals surface area contributed by atoms with Gasteiger partial charge in [0.25, 0.3) is 0 Å². The molecule has 36 heavy (non-hydrogen) atoms. The molecule has 2 N–H and O–H groups in total. The van der Waals surface area contributed by atoms with E-state index in [0.717, 1.165) is 62.8 Å². The van der Waals surface area contributed by atoms with Crippen LogP contribution >= 0.6 is 0 Å². The molecule has 11 heteroatoms. The van der Waals surface area contributed by atoms with Crippen molar-refractivity contribution in [2.75, 3.05) is 37.6 Å². The lowest BCUT2D eigenvalue weighted by Gasteiger charge is -2.45. The SMILES string of the molecule is O=C(N1CCC2(CCCN2Cc2cc(N3CCCC3)cc(C(F)(F)F)c2)CC1)n1ccc(C(O)O)n1. The van der Waals surface area contributed by atoms with Crippen molar-refractivity contribution in [2.24, 2.45) is 0 Å². The summed E-state index contributed by atoms with van der Waals surface area (Å²) in [7, 11) is 0. The van der Waals surface area contributed by atoms with E-state index in [-0.39, 0.29) is 17.3 Å². The number of nitrogens with zero attached hydrogens (tertiary/aromatic N) is 5. The first kappa shape index (κ1) is 25.0. The minimum absolute atomic E-state index is 0.00758.